The van der Waals surface area contributed by atoms with Crippen LogP contribution >= 0.6 is 0 Å². The van der Waals surface area contributed by atoms with Crippen LogP contribution < -0.4 is 0 Å². The molecule has 0 atom stereocenters. The molecule has 1 rings (SSSR count). The normalized spacial score (nSPS) is 10.6. The minimum atomic E-state index is 0.0172. The van der Waals surface area contributed by atoms with Crippen LogP contribution in [0.1, 0.15) is 35.7 Å². The summed E-state index contributed by atoms with van der Waals surface area (Å²) in [6.07, 6.45) is 2.20. The number of ether oxygens (including phenoxy) is 2. The Kier molecular flexibility index (Phi) is 7.30. The zero-order valence-corrected chi connectivity index (χ0v) is 11.3. The molecule has 0 unspecified atom stereocenters. The van der Waals surface area contributed by atoms with E-state index in [1.807, 2.05) is 31.2 Å². The third-order valence-corrected chi connectivity index (χ3v) is 2.62. The van der Waals surface area contributed by atoms with Crippen LogP contribution in [-0.4, -0.2) is 32.2 Å². The Hall–Kier alpha value is -1.19. The van der Waals surface area contributed by atoms with E-state index >= 15 is 0 Å². The fraction of sp³-hybridized carbons (Fsp3) is 0.533. The number of Topliss-reactive ketones (excluding diaryl/α,β-unsaturated/α-hetero) is 1. The molecule has 1 aromatic carbocycles. The van der Waals surface area contributed by atoms with E-state index in [2.05, 4.69) is 6.92 Å². The molecule has 3 nitrogen and oxygen atoms in total. The summed E-state index contributed by atoms with van der Waals surface area (Å²) in [6, 6.07) is 7.53. The molecule has 0 aliphatic rings. The van der Waals surface area contributed by atoms with Gasteiger partial charge < -0.3 is 9.47 Å². The summed E-state index contributed by atoms with van der Waals surface area (Å²) in [5.41, 5.74) is 1.85. The molecule has 100 valence electrons. The fourth-order valence-corrected chi connectivity index (χ4v) is 1.45. The van der Waals surface area contributed by atoms with E-state index in [9.17, 15) is 4.79 Å². The van der Waals surface area contributed by atoms with Crippen LogP contribution in [0, 0.1) is 6.92 Å². The summed E-state index contributed by atoms with van der Waals surface area (Å²) in [5, 5.41) is 0. The van der Waals surface area contributed by atoms with Crippen molar-refractivity contribution in [2.75, 3.05) is 26.4 Å². The molecule has 0 heterocycles. The second-order valence-electron chi connectivity index (χ2n) is 4.31. The fourth-order valence-electron chi connectivity index (χ4n) is 1.45. The second kappa shape index (κ2) is 8.84. The number of carbonyl (C=O) groups is 1. The summed E-state index contributed by atoms with van der Waals surface area (Å²) in [4.78, 5) is 11.7. The molecule has 0 fully saturated rings. The van der Waals surface area contributed by atoms with Gasteiger partial charge in [-0.3, -0.25) is 4.79 Å². The molecule has 0 bridgehead atoms. The molecule has 0 aromatic heterocycles. The monoisotopic (exact) mass is 250 g/mol. The molecule has 0 aliphatic carbocycles. The molecule has 0 saturated carbocycles. The van der Waals surface area contributed by atoms with Crippen molar-refractivity contribution in [1.82, 2.24) is 0 Å². The third kappa shape index (κ3) is 5.94. The van der Waals surface area contributed by atoms with Gasteiger partial charge in [-0.05, 0) is 13.3 Å². The lowest BCUT2D eigenvalue weighted by molar-refractivity contribution is 0.0432. The van der Waals surface area contributed by atoms with Crippen LogP contribution in [0.25, 0.3) is 0 Å². The number of carbonyl (C=O) groups excluding carboxylic acids is 1. The zero-order chi connectivity index (χ0) is 13.2. The number of benzene rings is 1. The van der Waals surface area contributed by atoms with Gasteiger partial charge in [-0.1, -0.05) is 43.2 Å². The average Bonchev–Trinajstić information content (AvgIpc) is 2.38. The van der Waals surface area contributed by atoms with Gasteiger partial charge in [0.1, 0.15) is 6.61 Å². The Bertz CT molecular complexity index is 343. The molecule has 1 aromatic rings. The third-order valence-electron chi connectivity index (χ3n) is 2.62. The maximum absolute atomic E-state index is 11.7. The highest BCUT2D eigenvalue weighted by Gasteiger charge is 2.04. The molecule has 0 amide bonds. The Morgan fingerprint density at radius 2 is 1.72 bits per heavy atom. The summed E-state index contributed by atoms with van der Waals surface area (Å²) in [6.45, 7) is 6.05. The maximum Gasteiger partial charge on any atom is 0.188 e. The Balaban J connectivity index is 2.12. The summed E-state index contributed by atoms with van der Waals surface area (Å²) in [7, 11) is 0. The number of ketones is 1. The summed E-state index contributed by atoms with van der Waals surface area (Å²) in [5.74, 6) is 0.0172. The van der Waals surface area contributed by atoms with E-state index in [-0.39, 0.29) is 12.4 Å². The summed E-state index contributed by atoms with van der Waals surface area (Å²) < 4.78 is 10.6. The van der Waals surface area contributed by atoms with Crippen molar-refractivity contribution in [1.29, 1.82) is 0 Å². The van der Waals surface area contributed by atoms with Crippen molar-refractivity contribution in [2.24, 2.45) is 0 Å². The Morgan fingerprint density at radius 3 is 2.39 bits per heavy atom. The molecule has 3 heteroatoms. The average molecular weight is 250 g/mol. The van der Waals surface area contributed by atoms with Gasteiger partial charge in [-0.2, -0.15) is 0 Å². The van der Waals surface area contributed by atoms with Crippen molar-refractivity contribution in [2.45, 2.75) is 26.7 Å². The van der Waals surface area contributed by atoms with E-state index in [0.29, 0.717) is 18.8 Å². The SMILES string of the molecule is CCCCOCCOCC(=O)c1ccc(C)cc1. The first-order valence-corrected chi connectivity index (χ1v) is 6.49. The number of hydrogen-bond acceptors (Lipinski definition) is 3. The molecule has 0 aliphatic heterocycles. The van der Waals surface area contributed by atoms with Gasteiger partial charge in [-0.15, -0.1) is 0 Å². The minimum absolute atomic E-state index is 0.0172. The van der Waals surface area contributed by atoms with E-state index in [0.717, 1.165) is 25.0 Å². The number of hydrogen-bond donors (Lipinski definition) is 0. The lowest BCUT2D eigenvalue weighted by Crippen LogP contribution is -2.12. The van der Waals surface area contributed by atoms with Crippen LogP contribution in [0.4, 0.5) is 0 Å². The lowest BCUT2D eigenvalue weighted by Gasteiger charge is -2.05. The highest BCUT2D eigenvalue weighted by Crippen LogP contribution is 2.04. The lowest BCUT2D eigenvalue weighted by atomic mass is 10.1. The first kappa shape index (κ1) is 14.9. The highest BCUT2D eigenvalue weighted by atomic mass is 16.5. The van der Waals surface area contributed by atoms with Crippen LogP contribution in [0.2, 0.25) is 0 Å². The van der Waals surface area contributed by atoms with Crippen molar-refractivity contribution in [3.8, 4) is 0 Å². The number of unbranched alkanes of at least 4 members (excludes halogenated alkanes) is 1. The number of aryl methyl sites for hydroxylation is 1. The highest BCUT2D eigenvalue weighted by molar-refractivity contribution is 5.97. The van der Waals surface area contributed by atoms with Gasteiger partial charge in [0.25, 0.3) is 0 Å². The number of rotatable bonds is 9. The predicted octanol–water partition coefficient (Wildman–Crippen LogP) is 3.01. The Labute approximate surface area is 109 Å². The van der Waals surface area contributed by atoms with Crippen molar-refractivity contribution in [3.05, 3.63) is 35.4 Å². The van der Waals surface area contributed by atoms with E-state index in [1.54, 1.807) is 0 Å². The van der Waals surface area contributed by atoms with Gasteiger partial charge in [0.2, 0.25) is 0 Å². The molecular weight excluding hydrogens is 228 g/mol. The van der Waals surface area contributed by atoms with Crippen LogP contribution in [0.3, 0.4) is 0 Å². The van der Waals surface area contributed by atoms with Crippen LogP contribution in [0.5, 0.6) is 0 Å². The van der Waals surface area contributed by atoms with Crippen molar-refractivity contribution < 1.29 is 14.3 Å². The quantitative estimate of drug-likeness (QED) is 0.499. The molecule has 0 spiro atoms. The van der Waals surface area contributed by atoms with Crippen molar-refractivity contribution in [3.63, 3.8) is 0 Å². The molecule has 0 saturated heterocycles. The first-order valence-electron chi connectivity index (χ1n) is 6.49. The van der Waals surface area contributed by atoms with Gasteiger partial charge >= 0.3 is 0 Å². The maximum atomic E-state index is 11.7. The van der Waals surface area contributed by atoms with Gasteiger partial charge in [-0.25, -0.2) is 0 Å². The topological polar surface area (TPSA) is 35.5 Å². The van der Waals surface area contributed by atoms with Gasteiger partial charge in [0.05, 0.1) is 13.2 Å². The van der Waals surface area contributed by atoms with Gasteiger partial charge in [0, 0.05) is 12.2 Å². The van der Waals surface area contributed by atoms with Crippen LogP contribution in [0.15, 0.2) is 24.3 Å². The first-order chi connectivity index (χ1) is 8.74. The minimum Gasteiger partial charge on any atom is -0.379 e. The van der Waals surface area contributed by atoms with Gasteiger partial charge in [0.15, 0.2) is 5.78 Å². The van der Waals surface area contributed by atoms with E-state index in [4.69, 9.17) is 9.47 Å². The molecule has 0 radical (unpaired) electrons. The Morgan fingerprint density at radius 1 is 1.06 bits per heavy atom. The van der Waals surface area contributed by atoms with Crippen molar-refractivity contribution >= 4 is 5.78 Å². The molecule has 0 N–H and O–H groups in total. The second-order valence-corrected chi connectivity index (χ2v) is 4.31. The van der Waals surface area contributed by atoms with E-state index in [1.165, 1.54) is 0 Å². The summed E-state index contributed by atoms with van der Waals surface area (Å²) >= 11 is 0. The molecular formula is C15H22O3. The largest absolute Gasteiger partial charge is 0.379 e. The zero-order valence-electron chi connectivity index (χ0n) is 11.3. The molecule has 18 heavy (non-hydrogen) atoms. The van der Waals surface area contributed by atoms with E-state index < -0.39 is 0 Å². The smallest absolute Gasteiger partial charge is 0.188 e. The predicted molar refractivity (Wildman–Crippen MR) is 72.1 cm³/mol. The standard InChI is InChI=1S/C15H22O3/c1-3-4-9-17-10-11-18-12-15(16)14-7-5-13(2)6-8-14/h5-8H,3-4,9-12H2,1-2H3. The van der Waals surface area contributed by atoms with Crippen LogP contribution in [-0.2, 0) is 9.47 Å².